The van der Waals surface area contributed by atoms with Gasteiger partial charge in [0, 0.05) is 18.2 Å². The number of fused-ring (bicyclic) bond motifs is 1. The summed E-state index contributed by atoms with van der Waals surface area (Å²) in [7, 11) is 0. The van der Waals surface area contributed by atoms with Crippen molar-refractivity contribution in [3.05, 3.63) is 34.9 Å². The Labute approximate surface area is 127 Å². The van der Waals surface area contributed by atoms with E-state index in [-0.39, 0.29) is 5.91 Å². The summed E-state index contributed by atoms with van der Waals surface area (Å²) in [6, 6.07) is 6.46. The summed E-state index contributed by atoms with van der Waals surface area (Å²) in [6.45, 7) is 6.44. The maximum absolute atomic E-state index is 12.7. The first-order valence-electron chi connectivity index (χ1n) is 8.26. The SMILES string of the molecule is CC1CC(C)CC(NC(=O)c2cccc3c2CCNC3)C1. The van der Waals surface area contributed by atoms with Crippen LogP contribution < -0.4 is 10.6 Å². The summed E-state index contributed by atoms with van der Waals surface area (Å²) >= 11 is 0. The summed E-state index contributed by atoms with van der Waals surface area (Å²) in [6.07, 6.45) is 4.48. The molecule has 21 heavy (non-hydrogen) atoms. The van der Waals surface area contributed by atoms with Crippen molar-refractivity contribution in [2.24, 2.45) is 11.8 Å². The molecule has 114 valence electrons. The van der Waals surface area contributed by atoms with E-state index in [0.29, 0.717) is 17.9 Å². The topological polar surface area (TPSA) is 41.1 Å². The van der Waals surface area contributed by atoms with Crippen LogP contribution in [0.1, 0.15) is 54.6 Å². The molecule has 1 aromatic rings. The van der Waals surface area contributed by atoms with Crippen LogP contribution in [0, 0.1) is 11.8 Å². The van der Waals surface area contributed by atoms with Crippen molar-refractivity contribution in [3.63, 3.8) is 0 Å². The van der Waals surface area contributed by atoms with Crippen molar-refractivity contribution >= 4 is 5.91 Å². The highest BCUT2D eigenvalue weighted by Crippen LogP contribution is 2.29. The maximum atomic E-state index is 12.7. The molecule has 3 rings (SSSR count). The minimum absolute atomic E-state index is 0.125. The van der Waals surface area contributed by atoms with E-state index in [2.05, 4.69) is 30.5 Å². The van der Waals surface area contributed by atoms with Gasteiger partial charge in [0.15, 0.2) is 0 Å². The number of hydrogen-bond acceptors (Lipinski definition) is 2. The highest BCUT2D eigenvalue weighted by molar-refractivity contribution is 5.96. The lowest BCUT2D eigenvalue weighted by atomic mass is 9.80. The van der Waals surface area contributed by atoms with Gasteiger partial charge in [0.2, 0.25) is 0 Å². The molecule has 1 amide bonds. The molecule has 3 heteroatoms. The Morgan fingerprint density at radius 1 is 1.19 bits per heavy atom. The van der Waals surface area contributed by atoms with Crippen LogP contribution in [0.15, 0.2) is 18.2 Å². The Bertz CT molecular complexity index is 516. The van der Waals surface area contributed by atoms with E-state index in [1.165, 1.54) is 17.5 Å². The van der Waals surface area contributed by atoms with E-state index in [1.807, 2.05) is 12.1 Å². The van der Waals surface area contributed by atoms with Gasteiger partial charge in [-0.05, 0) is 61.3 Å². The molecule has 0 saturated heterocycles. The third kappa shape index (κ3) is 3.29. The van der Waals surface area contributed by atoms with Gasteiger partial charge in [-0.3, -0.25) is 4.79 Å². The Morgan fingerprint density at radius 2 is 1.95 bits per heavy atom. The number of carbonyl (C=O) groups is 1. The van der Waals surface area contributed by atoms with E-state index in [0.717, 1.165) is 37.9 Å². The lowest BCUT2D eigenvalue weighted by Crippen LogP contribution is -2.40. The van der Waals surface area contributed by atoms with Gasteiger partial charge in [-0.1, -0.05) is 26.0 Å². The van der Waals surface area contributed by atoms with E-state index in [1.54, 1.807) is 0 Å². The van der Waals surface area contributed by atoms with Crippen LogP contribution in [0.2, 0.25) is 0 Å². The van der Waals surface area contributed by atoms with Crippen LogP contribution in [0.25, 0.3) is 0 Å². The fourth-order valence-corrected chi connectivity index (χ4v) is 4.07. The van der Waals surface area contributed by atoms with Crippen molar-refractivity contribution in [2.45, 2.75) is 52.1 Å². The van der Waals surface area contributed by atoms with Crippen LogP contribution in [0.4, 0.5) is 0 Å². The molecule has 1 aliphatic heterocycles. The van der Waals surface area contributed by atoms with Crippen molar-refractivity contribution in [1.82, 2.24) is 10.6 Å². The van der Waals surface area contributed by atoms with Gasteiger partial charge in [-0.2, -0.15) is 0 Å². The fourth-order valence-electron chi connectivity index (χ4n) is 4.07. The zero-order valence-corrected chi connectivity index (χ0v) is 13.1. The van der Waals surface area contributed by atoms with Crippen molar-refractivity contribution in [3.8, 4) is 0 Å². The maximum Gasteiger partial charge on any atom is 0.251 e. The fraction of sp³-hybridized carbons (Fsp3) is 0.611. The van der Waals surface area contributed by atoms with E-state index >= 15 is 0 Å². The predicted octanol–water partition coefficient (Wildman–Crippen LogP) is 2.89. The molecule has 0 bridgehead atoms. The molecule has 3 nitrogen and oxygen atoms in total. The molecule has 1 fully saturated rings. The standard InChI is InChI=1S/C18H26N2O/c1-12-8-13(2)10-15(9-12)20-18(21)17-5-3-4-14-11-19-7-6-16(14)17/h3-5,12-13,15,19H,6-11H2,1-2H3,(H,20,21). The lowest BCUT2D eigenvalue weighted by molar-refractivity contribution is 0.0910. The Morgan fingerprint density at radius 3 is 2.71 bits per heavy atom. The highest BCUT2D eigenvalue weighted by atomic mass is 16.1. The lowest BCUT2D eigenvalue weighted by Gasteiger charge is -2.32. The van der Waals surface area contributed by atoms with E-state index < -0.39 is 0 Å². The number of amides is 1. The summed E-state index contributed by atoms with van der Waals surface area (Å²) in [5.41, 5.74) is 3.41. The molecule has 2 unspecified atom stereocenters. The second kappa shape index (κ2) is 6.18. The first-order valence-corrected chi connectivity index (χ1v) is 8.26. The number of hydrogen-bond donors (Lipinski definition) is 2. The quantitative estimate of drug-likeness (QED) is 0.877. The smallest absolute Gasteiger partial charge is 0.251 e. The zero-order valence-electron chi connectivity index (χ0n) is 13.1. The van der Waals surface area contributed by atoms with E-state index in [4.69, 9.17) is 0 Å². The van der Waals surface area contributed by atoms with Crippen LogP contribution >= 0.6 is 0 Å². The molecular formula is C18H26N2O. The van der Waals surface area contributed by atoms with Gasteiger partial charge in [0.05, 0.1) is 0 Å². The van der Waals surface area contributed by atoms with Crippen molar-refractivity contribution in [2.75, 3.05) is 6.54 Å². The second-order valence-electron chi connectivity index (χ2n) is 6.96. The van der Waals surface area contributed by atoms with Crippen LogP contribution in [-0.4, -0.2) is 18.5 Å². The number of carbonyl (C=O) groups excluding carboxylic acids is 1. The van der Waals surface area contributed by atoms with Crippen molar-refractivity contribution < 1.29 is 4.79 Å². The van der Waals surface area contributed by atoms with Crippen molar-refractivity contribution in [1.29, 1.82) is 0 Å². The molecule has 0 aromatic heterocycles. The molecule has 2 aliphatic rings. The average molecular weight is 286 g/mol. The number of benzene rings is 1. The van der Waals surface area contributed by atoms with Crippen LogP contribution in [0.5, 0.6) is 0 Å². The van der Waals surface area contributed by atoms with Gasteiger partial charge in [-0.25, -0.2) is 0 Å². The molecule has 0 radical (unpaired) electrons. The van der Waals surface area contributed by atoms with Crippen LogP contribution in [0.3, 0.4) is 0 Å². The Balaban J connectivity index is 1.74. The number of rotatable bonds is 2. The Hall–Kier alpha value is -1.35. The first-order chi connectivity index (χ1) is 10.1. The van der Waals surface area contributed by atoms with Gasteiger partial charge in [0.25, 0.3) is 5.91 Å². The molecular weight excluding hydrogens is 260 g/mol. The molecule has 0 spiro atoms. The summed E-state index contributed by atoms with van der Waals surface area (Å²) in [5, 5.41) is 6.66. The second-order valence-corrected chi connectivity index (χ2v) is 6.96. The molecule has 2 N–H and O–H groups in total. The minimum Gasteiger partial charge on any atom is -0.349 e. The highest BCUT2D eigenvalue weighted by Gasteiger charge is 2.26. The molecule has 1 heterocycles. The number of nitrogens with one attached hydrogen (secondary N) is 2. The molecule has 1 saturated carbocycles. The summed E-state index contributed by atoms with van der Waals surface area (Å²) in [4.78, 5) is 12.7. The third-order valence-electron chi connectivity index (χ3n) is 4.90. The monoisotopic (exact) mass is 286 g/mol. The average Bonchev–Trinajstić information content (AvgIpc) is 2.45. The summed E-state index contributed by atoms with van der Waals surface area (Å²) in [5.74, 6) is 1.56. The van der Waals surface area contributed by atoms with Gasteiger partial charge >= 0.3 is 0 Å². The molecule has 2 atom stereocenters. The summed E-state index contributed by atoms with van der Waals surface area (Å²) < 4.78 is 0. The third-order valence-corrected chi connectivity index (χ3v) is 4.90. The minimum atomic E-state index is 0.125. The largest absolute Gasteiger partial charge is 0.349 e. The Kier molecular flexibility index (Phi) is 4.29. The van der Waals surface area contributed by atoms with Gasteiger partial charge in [0.1, 0.15) is 0 Å². The molecule has 1 aliphatic carbocycles. The first kappa shape index (κ1) is 14.6. The van der Waals surface area contributed by atoms with Crippen LogP contribution in [-0.2, 0) is 13.0 Å². The zero-order chi connectivity index (χ0) is 14.8. The predicted molar refractivity (Wildman–Crippen MR) is 85.3 cm³/mol. The normalized spacial score (nSPS) is 28.8. The van der Waals surface area contributed by atoms with E-state index in [9.17, 15) is 4.79 Å². The van der Waals surface area contributed by atoms with Gasteiger partial charge in [-0.15, -0.1) is 0 Å². The molecule has 1 aromatic carbocycles. The van der Waals surface area contributed by atoms with Gasteiger partial charge < -0.3 is 10.6 Å².